The van der Waals surface area contributed by atoms with E-state index in [-0.39, 0.29) is 11.9 Å². The molecule has 0 radical (unpaired) electrons. The van der Waals surface area contributed by atoms with Crippen LogP contribution in [0.2, 0.25) is 0 Å². The van der Waals surface area contributed by atoms with Gasteiger partial charge in [-0.1, -0.05) is 18.2 Å². The van der Waals surface area contributed by atoms with Crippen molar-refractivity contribution in [1.82, 2.24) is 19.7 Å². The summed E-state index contributed by atoms with van der Waals surface area (Å²) < 4.78 is 7.02. The monoisotopic (exact) mass is 380 g/mol. The van der Waals surface area contributed by atoms with Gasteiger partial charge in [0.1, 0.15) is 0 Å². The number of aryl methyl sites for hydroxylation is 2. The molecular weight excluding hydrogens is 356 g/mol. The predicted molar refractivity (Wildman–Crippen MR) is 104 cm³/mol. The van der Waals surface area contributed by atoms with Crippen LogP contribution in [-0.2, 0) is 34.3 Å². The maximum absolute atomic E-state index is 13.0. The van der Waals surface area contributed by atoms with E-state index in [9.17, 15) is 9.59 Å². The molecule has 3 aromatic rings. The molecule has 1 fully saturated rings. The Hall–Kier alpha value is -3.09. The number of amides is 1. The molecule has 0 bridgehead atoms. The third-order valence-electron chi connectivity index (χ3n) is 5.25. The van der Waals surface area contributed by atoms with E-state index in [0.717, 1.165) is 22.5 Å². The van der Waals surface area contributed by atoms with Crippen LogP contribution in [0.4, 0.5) is 0 Å². The van der Waals surface area contributed by atoms with E-state index in [1.165, 1.54) is 5.39 Å². The molecule has 1 amide bonds. The van der Waals surface area contributed by atoms with Gasteiger partial charge in [0.15, 0.2) is 6.10 Å². The summed E-state index contributed by atoms with van der Waals surface area (Å²) in [4.78, 5) is 29.6. The zero-order chi connectivity index (χ0) is 19.7. The number of para-hydroxylation sites is 1. The Morgan fingerprint density at radius 3 is 2.93 bits per heavy atom. The van der Waals surface area contributed by atoms with Crippen molar-refractivity contribution in [2.75, 3.05) is 6.54 Å². The van der Waals surface area contributed by atoms with Gasteiger partial charge >= 0.3 is 5.97 Å². The minimum absolute atomic E-state index is 0.135. The summed E-state index contributed by atoms with van der Waals surface area (Å²) in [5.41, 5.74) is 4.11. The second kappa shape index (κ2) is 7.50. The summed E-state index contributed by atoms with van der Waals surface area (Å²) in [6.07, 6.45) is 2.79. The van der Waals surface area contributed by atoms with Gasteiger partial charge in [-0.15, -0.1) is 0 Å². The van der Waals surface area contributed by atoms with E-state index in [2.05, 4.69) is 16.1 Å². The molecule has 0 spiro atoms. The summed E-state index contributed by atoms with van der Waals surface area (Å²) in [6, 6.07) is 10.1. The number of hydrogen-bond donors (Lipinski definition) is 1. The highest BCUT2D eigenvalue weighted by molar-refractivity contribution is 5.87. The average Bonchev–Trinajstić information content (AvgIpc) is 3.37. The number of carbonyl (C=O) groups is 2. The van der Waals surface area contributed by atoms with Gasteiger partial charge in [-0.25, -0.2) is 0 Å². The molecular formula is C21H24N4O3. The lowest BCUT2D eigenvalue weighted by Gasteiger charge is -2.25. The van der Waals surface area contributed by atoms with Crippen molar-refractivity contribution in [1.29, 1.82) is 0 Å². The number of hydrogen-bond acceptors (Lipinski definition) is 4. The quantitative estimate of drug-likeness (QED) is 0.666. The molecule has 7 nitrogen and oxygen atoms in total. The number of rotatable bonds is 6. The first-order valence-corrected chi connectivity index (χ1v) is 9.54. The first kappa shape index (κ1) is 18.3. The molecule has 1 aromatic carbocycles. The number of H-pyrrole nitrogens is 1. The molecule has 3 heterocycles. The van der Waals surface area contributed by atoms with Crippen molar-refractivity contribution in [3.8, 4) is 0 Å². The largest absolute Gasteiger partial charge is 0.452 e. The summed E-state index contributed by atoms with van der Waals surface area (Å²) in [5, 5.41) is 5.54. The lowest BCUT2D eigenvalue weighted by molar-refractivity contribution is -0.153. The number of cyclic esters (lactones) is 1. The first-order valence-electron chi connectivity index (χ1n) is 9.54. The van der Waals surface area contributed by atoms with E-state index in [1.54, 1.807) is 9.58 Å². The number of esters is 1. The second-order valence-electron chi connectivity index (χ2n) is 7.29. The Morgan fingerprint density at radius 2 is 2.21 bits per heavy atom. The zero-order valence-electron chi connectivity index (χ0n) is 16.1. The SMILES string of the molecule is Cc1cc(CN(CCc2c[nH]c3ccccc23)C(=O)[C@H]2CCC(=O)O2)n(C)n1. The van der Waals surface area contributed by atoms with Crippen LogP contribution < -0.4 is 0 Å². The van der Waals surface area contributed by atoms with E-state index >= 15 is 0 Å². The minimum Gasteiger partial charge on any atom is -0.452 e. The number of aromatic nitrogens is 3. The van der Waals surface area contributed by atoms with Gasteiger partial charge in [0, 0.05) is 43.5 Å². The third kappa shape index (κ3) is 3.65. The van der Waals surface area contributed by atoms with Crippen LogP contribution in [0.25, 0.3) is 10.9 Å². The standard InChI is InChI=1S/C21H24N4O3/c1-14-11-16(24(2)23-14)13-25(21(27)19-7-8-20(26)28-19)10-9-15-12-22-18-6-4-3-5-17(15)18/h3-6,11-12,19,22H,7-10,13H2,1-2H3/t19-/m1/s1. The van der Waals surface area contributed by atoms with Crippen molar-refractivity contribution in [3.63, 3.8) is 0 Å². The van der Waals surface area contributed by atoms with Gasteiger partial charge < -0.3 is 14.6 Å². The van der Waals surface area contributed by atoms with E-state index < -0.39 is 6.10 Å². The molecule has 1 N–H and O–H groups in total. The van der Waals surface area contributed by atoms with Crippen LogP contribution in [0.5, 0.6) is 0 Å². The van der Waals surface area contributed by atoms with Gasteiger partial charge in [0.05, 0.1) is 17.9 Å². The molecule has 7 heteroatoms. The molecule has 1 saturated heterocycles. The van der Waals surface area contributed by atoms with Crippen molar-refractivity contribution in [2.45, 2.75) is 38.8 Å². The fraction of sp³-hybridized carbons (Fsp3) is 0.381. The number of fused-ring (bicyclic) bond motifs is 1. The zero-order valence-corrected chi connectivity index (χ0v) is 16.1. The minimum atomic E-state index is -0.676. The molecule has 1 aliphatic rings. The van der Waals surface area contributed by atoms with E-state index in [1.807, 2.05) is 44.4 Å². The van der Waals surface area contributed by atoms with Crippen molar-refractivity contribution < 1.29 is 14.3 Å². The Kier molecular flexibility index (Phi) is 4.90. The normalized spacial score (nSPS) is 16.5. The van der Waals surface area contributed by atoms with Crippen LogP contribution >= 0.6 is 0 Å². The van der Waals surface area contributed by atoms with Crippen molar-refractivity contribution >= 4 is 22.8 Å². The highest BCUT2D eigenvalue weighted by atomic mass is 16.6. The number of benzene rings is 1. The Bertz CT molecular complexity index is 1020. The number of nitrogens with one attached hydrogen (secondary N) is 1. The molecule has 28 heavy (non-hydrogen) atoms. The van der Waals surface area contributed by atoms with Gasteiger partial charge in [-0.3, -0.25) is 14.3 Å². The van der Waals surface area contributed by atoms with E-state index in [4.69, 9.17) is 4.74 Å². The Labute approximate surface area is 163 Å². The van der Waals surface area contributed by atoms with Crippen LogP contribution in [0.3, 0.4) is 0 Å². The third-order valence-corrected chi connectivity index (χ3v) is 5.25. The van der Waals surface area contributed by atoms with Gasteiger partial charge in [0.25, 0.3) is 5.91 Å². The molecule has 0 unspecified atom stereocenters. The number of carbonyl (C=O) groups excluding carboxylic acids is 2. The second-order valence-corrected chi connectivity index (χ2v) is 7.29. The number of aromatic amines is 1. The molecule has 1 atom stereocenters. The fourth-order valence-electron chi connectivity index (χ4n) is 3.77. The van der Waals surface area contributed by atoms with Gasteiger partial charge in [-0.05, 0) is 31.0 Å². The fourth-order valence-corrected chi connectivity index (χ4v) is 3.77. The number of ether oxygens (including phenoxy) is 1. The van der Waals surface area contributed by atoms with Crippen molar-refractivity contribution in [3.05, 3.63) is 53.5 Å². The number of nitrogens with zero attached hydrogens (tertiary/aromatic N) is 3. The lowest BCUT2D eigenvalue weighted by Crippen LogP contribution is -2.40. The smallest absolute Gasteiger partial charge is 0.306 e. The maximum Gasteiger partial charge on any atom is 0.306 e. The molecule has 146 valence electrons. The molecule has 2 aromatic heterocycles. The summed E-state index contributed by atoms with van der Waals surface area (Å²) >= 11 is 0. The molecule has 1 aliphatic heterocycles. The van der Waals surface area contributed by atoms with Gasteiger partial charge in [-0.2, -0.15) is 5.10 Å². The van der Waals surface area contributed by atoms with Crippen LogP contribution in [0.15, 0.2) is 36.5 Å². The van der Waals surface area contributed by atoms with Gasteiger partial charge in [0.2, 0.25) is 0 Å². The average molecular weight is 380 g/mol. The summed E-state index contributed by atoms with van der Waals surface area (Å²) in [6.45, 7) is 2.91. The summed E-state index contributed by atoms with van der Waals surface area (Å²) in [7, 11) is 1.88. The molecule has 0 saturated carbocycles. The van der Waals surface area contributed by atoms with Crippen LogP contribution in [0, 0.1) is 6.92 Å². The Morgan fingerprint density at radius 1 is 1.39 bits per heavy atom. The predicted octanol–water partition coefficient (Wildman–Crippen LogP) is 2.49. The lowest BCUT2D eigenvalue weighted by atomic mass is 10.1. The summed E-state index contributed by atoms with van der Waals surface area (Å²) in [5.74, 6) is -0.434. The van der Waals surface area contributed by atoms with Crippen molar-refractivity contribution in [2.24, 2.45) is 7.05 Å². The van der Waals surface area contributed by atoms with Crippen LogP contribution in [-0.4, -0.2) is 44.2 Å². The highest BCUT2D eigenvalue weighted by Crippen LogP contribution is 2.21. The highest BCUT2D eigenvalue weighted by Gasteiger charge is 2.33. The van der Waals surface area contributed by atoms with E-state index in [0.29, 0.717) is 32.4 Å². The first-order chi connectivity index (χ1) is 13.5. The topological polar surface area (TPSA) is 80.2 Å². The molecule has 4 rings (SSSR count). The Balaban J connectivity index is 1.54. The van der Waals surface area contributed by atoms with Crippen LogP contribution in [0.1, 0.15) is 29.8 Å². The maximum atomic E-state index is 13.0. The molecule has 0 aliphatic carbocycles.